The topological polar surface area (TPSA) is 64.4 Å². The first-order chi connectivity index (χ1) is 5.52. The van der Waals surface area contributed by atoms with Crippen molar-refractivity contribution in [3.8, 4) is 0 Å². The van der Waals surface area contributed by atoms with Gasteiger partial charge in [0.2, 0.25) is 0 Å². The van der Waals surface area contributed by atoms with Gasteiger partial charge in [0.1, 0.15) is 6.17 Å². The maximum atomic E-state index is 5.85. The SMILES string of the molecule is CC1=CC(C)=NC(N)C1C(C)N. The Balaban J connectivity index is 2.87. The largest absolute Gasteiger partial charge is 0.327 e. The summed E-state index contributed by atoms with van der Waals surface area (Å²) in [5.74, 6) is 0.202. The maximum Gasteiger partial charge on any atom is 0.105 e. The van der Waals surface area contributed by atoms with Crippen LogP contribution >= 0.6 is 0 Å². The molecule has 0 radical (unpaired) electrons. The molecule has 1 aliphatic rings. The first-order valence-electron chi connectivity index (χ1n) is 4.26. The lowest BCUT2D eigenvalue weighted by Crippen LogP contribution is -2.42. The van der Waals surface area contributed by atoms with Crippen molar-refractivity contribution in [2.45, 2.75) is 33.0 Å². The molecule has 1 heterocycles. The summed E-state index contributed by atoms with van der Waals surface area (Å²) in [7, 11) is 0. The Hall–Kier alpha value is -0.670. The molecule has 0 bridgehead atoms. The van der Waals surface area contributed by atoms with E-state index in [2.05, 4.69) is 18.0 Å². The highest BCUT2D eigenvalue weighted by atomic mass is 15.0. The van der Waals surface area contributed by atoms with Gasteiger partial charge >= 0.3 is 0 Å². The first kappa shape index (κ1) is 9.42. The van der Waals surface area contributed by atoms with E-state index in [-0.39, 0.29) is 18.1 Å². The summed E-state index contributed by atoms with van der Waals surface area (Å²) in [6, 6.07) is 0.0769. The number of nitrogens with two attached hydrogens (primary N) is 2. The maximum absolute atomic E-state index is 5.85. The first-order valence-corrected chi connectivity index (χ1v) is 4.26. The molecule has 0 fully saturated rings. The van der Waals surface area contributed by atoms with E-state index in [9.17, 15) is 0 Å². The van der Waals surface area contributed by atoms with E-state index in [1.165, 1.54) is 5.57 Å². The van der Waals surface area contributed by atoms with Gasteiger partial charge in [-0.1, -0.05) is 5.57 Å². The number of hydrogen-bond acceptors (Lipinski definition) is 3. The molecule has 4 N–H and O–H groups in total. The summed E-state index contributed by atoms with van der Waals surface area (Å²) in [4.78, 5) is 4.27. The summed E-state index contributed by atoms with van der Waals surface area (Å²) < 4.78 is 0. The summed E-state index contributed by atoms with van der Waals surface area (Å²) in [6.07, 6.45) is 1.90. The van der Waals surface area contributed by atoms with E-state index in [0.717, 1.165) is 5.71 Å². The van der Waals surface area contributed by atoms with Crippen molar-refractivity contribution in [2.75, 3.05) is 0 Å². The molecule has 0 saturated carbocycles. The Morgan fingerprint density at radius 2 is 2.08 bits per heavy atom. The van der Waals surface area contributed by atoms with Gasteiger partial charge in [-0.3, -0.25) is 4.99 Å². The van der Waals surface area contributed by atoms with E-state index >= 15 is 0 Å². The quantitative estimate of drug-likeness (QED) is 0.602. The Morgan fingerprint density at radius 3 is 2.50 bits per heavy atom. The smallest absolute Gasteiger partial charge is 0.105 e. The minimum atomic E-state index is -0.157. The van der Waals surface area contributed by atoms with Crippen molar-refractivity contribution < 1.29 is 0 Å². The molecule has 1 rings (SSSR count). The third-order valence-electron chi connectivity index (χ3n) is 2.25. The van der Waals surface area contributed by atoms with E-state index in [0.29, 0.717) is 0 Å². The third-order valence-corrected chi connectivity index (χ3v) is 2.25. The Kier molecular flexibility index (Phi) is 2.65. The van der Waals surface area contributed by atoms with E-state index in [1.807, 2.05) is 13.8 Å². The van der Waals surface area contributed by atoms with Gasteiger partial charge in [0, 0.05) is 17.7 Å². The zero-order chi connectivity index (χ0) is 9.30. The third kappa shape index (κ3) is 1.73. The number of rotatable bonds is 1. The van der Waals surface area contributed by atoms with Gasteiger partial charge in [0.05, 0.1) is 0 Å². The second-order valence-electron chi connectivity index (χ2n) is 3.53. The van der Waals surface area contributed by atoms with Crippen LogP contribution in [0.1, 0.15) is 20.8 Å². The van der Waals surface area contributed by atoms with Crippen LogP contribution in [0, 0.1) is 5.92 Å². The monoisotopic (exact) mass is 167 g/mol. The van der Waals surface area contributed by atoms with Crippen molar-refractivity contribution in [3.05, 3.63) is 11.6 Å². The van der Waals surface area contributed by atoms with Gasteiger partial charge in [-0.05, 0) is 26.8 Å². The highest BCUT2D eigenvalue weighted by Crippen LogP contribution is 2.21. The molecule has 3 unspecified atom stereocenters. The highest BCUT2D eigenvalue weighted by Gasteiger charge is 2.25. The normalized spacial score (nSPS) is 32.4. The fourth-order valence-corrected chi connectivity index (χ4v) is 1.77. The molecule has 0 saturated heterocycles. The molecule has 3 atom stereocenters. The standard InChI is InChI=1S/C9H17N3/c1-5-4-6(2)12-9(11)8(5)7(3)10/h4,7-9H,10-11H2,1-3H3. The van der Waals surface area contributed by atoms with Crippen LogP contribution in [0.4, 0.5) is 0 Å². The van der Waals surface area contributed by atoms with Gasteiger partial charge < -0.3 is 11.5 Å². The van der Waals surface area contributed by atoms with Gasteiger partial charge in [-0.25, -0.2) is 0 Å². The number of nitrogens with zero attached hydrogens (tertiary/aromatic N) is 1. The van der Waals surface area contributed by atoms with Crippen LogP contribution in [-0.4, -0.2) is 17.9 Å². The Morgan fingerprint density at radius 1 is 1.50 bits per heavy atom. The minimum absolute atomic E-state index is 0.0769. The number of aliphatic imine (C=N–C) groups is 1. The van der Waals surface area contributed by atoms with Crippen LogP contribution in [0.15, 0.2) is 16.6 Å². The predicted octanol–water partition coefficient (Wildman–Crippen LogP) is 0.655. The Labute approximate surface area is 73.5 Å². The lowest BCUT2D eigenvalue weighted by molar-refractivity contribution is 0.422. The van der Waals surface area contributed by atoms with Crippen molar-refractivity contribution in [3.63, 3.8) is 0 Å². The number of dihydropyridines is 1. The molecule has 12 heavy (non-hydrogen) atoms. The second-order valence-corrected chi connectivity index (χ2v) is 3.53. The molecule has 0 aromatic carbocycles. The zero-order valence-electron chi connectivity index (χ0n) is 7.91. The predicted molar refractivity (Wildman–Crippen MR) is 52.0 cm³/mol. The summed E-state index contributed by atoms with van der Waals surface area (Å²) in [5.41, 5.74) is 13.9. The average Bonchev–Trinajstić information content (AvgIpc) is 1.82. The lowest BCUT2D eigenvalue weighted by atomic mass is 9.88. The van der Waals surface area contributed by atoms with Crippen molar-refractivity contribution in [1.29, 1.82) is 0 Å². The summed E-state index contributed by atoms with van der Waals surface area (Å²) in [6.45, 7) is 5.99. The fourth-order valence-electron chi connectivity index (χ4n) is 1.77. The van der Waals surface area contributed by atoms with E-state index in [4.69, 9.17) is 11.5 Å². The van der Waals surface area contributed by atoms with Crippen LogP contribution in [0.25, 0.3) is 0 Å². The summed E-state index contributed by atoms with van der Waals surface area (Å²) >= 11 is 0. The van der Waals surface area contributed by atoms with Gasteiger partial charge in [0.15, 0.2) is 0 Å². The van der Waals surface area contributed by atoms with Crippen LogP contribution in [0.3, 0.4) is 0 Å². The molecule has 0 amide bonds. The molecule has 3 nitrogen and oxygen atoms in total. The molecular weight excluding hydrogens is 150 g/mol. The molecule has 3 heteroatoms. The number of allylic oxidation sites excluding steroid dienone is 1. The van der Waals surface area contributed by atoms with Crippen molar-refractivity contribution in [1.82, 2.24) is 0 Å². The molecule has 0 spiro atoms. The van der Waals surface area contributed by atoms with Crippen molar-refractivity contribution >= 4 is 5.71 Å². The average molecular weight is 167 g/mol. The van der Waals surface area contributed by atoms with E-state index in [1.54, 1.807) is 0 Å². The fraction of sp³-hybridized carbons (Fsp3) is 0.667. The minimum Gasteiger partial charge on any atom is -0.327 e. The molecule has 1 aliphatic heterocycles. The zero-order valence-corrected chi connectivity index (χ0v) is 7.91. The van der Waals surface area contributed by atoms with E-state index < -0.39 is 0 Å². The highest BCUT2D eigenvalue weighted by molar-refractivity contribution is 5.94. The van der Waals surface area contributed by atoms with Crippen molar-refractivity contribution in [2.24, 2.45) is 22.4 Å². The Bertz CT molecular complexity index is 228. The van der Waals surface area contributed by atoms with Gasteiger partial charge in [-0.15, -0.1) is 0 Å². The lowest BCUT2D eigenvalue weighted by Gasteiger charge is -2.28. The molecule has 0 aromatic heterocycles. The molecule has 68 valence electrons. The second kappa shape index (κ2) is 3.37. The van der Waals surface area contributed by atoms with Crippen LogP contribution in [0.2, 0.25) is 0 Å². The molecular formula is C9H17N3. The van der Waals surface area contributed by atoms with Crippen LogP contribution < -0.4 is 11.5 Å². The van der Waals surface area contributed by atoms with Gasteiger partial charge in [0.25, 0.3) is 0 Å². The molecule has 0 aromatic rings. The summed E-state index contributed by atoms with van der Waals surface area (Å²) in [5, 5.41) is 0. The molecule has 0 aliphatic carbocycles. The number of hydrogen-bond donors (Lipinski definition) is 2. The van der Waals surface area contributed by atoms with Gasteiger partial charge in [-0.2, -0.15) is 0 Å². The van der Waals surface area contributed by atoms with Crippen LogP contribution in [0.5, 0.6) is 0 Å². The van der Waals surface area contributed by atoms with Crippen LogP contribution in [-0.2, 0) is 0 Å².